The Morgan fingerprint density at radius 1 is 1.27 bits per heavy atom. The van der Waals surface area contributed by atoms with Crippen LogP contribution < -0.4 is 16.8 Å². The second-order valence-electron chi connectivity index (χ2n) is 6.28. The normalized spacial score (nSPS) is 13.0. The zero-order valence-electron chi connectivity index (χ0n) is 14.9. The summed E-state index contributed by atoms with van der Waals surface area (Å²) in [4.78, 5) is 23.8. The molecule has 1 amide bonds. The zero-order chi connectivity index (χ0) is 18.4. The number of hydrogen-bond acceptors (Lipinski definition) is 4. The fourth-order valence-electron chi connectivity index (χ4n) is 2.93. The van der Waals surface area contributed by atoms with Gasteiger partial charge in [-0.15, -0.1) is 12.4 Å². The van der Waals surface area contributed by atoms with E-state index in [9.17, 15) is 14.7 Å². The number of nitrogens with two attached hydrogens (primary N) is 2. The Morgan fingerprint density at radius 3 is 2.62 bits per heavy atom. The van der Waals surface area contributed by atoms with Crippen molar-refractivity contribution in [1.29, 1.82) is 0 Å². The van der Waals surface area contributed by atoms with Gasteiger partial charge in [-0.1, -0.05) is 24.6 Å². The van der Waals surface area contributed by atoms with E-state index in [0.29, 0.717) is 13.0 Å². The molecule has 8 heteroatoms. The fraction of sp³-hybridized carbons (Fsp3) is 0.444. The molecule has 1 heterocycles. The van der Waals surface area contributed by atoms with Gasteiger partial charge in [-0.3, -0.25) is 4.79 Å². The van der Waals surface area contributed by atoms with Crippen molar-refractivity contribution < 1.29 is 14.7 Å². The van der Waals surface area contributed by atoms with Crippen molar-refractivity contribution in [3.63, 3.8) is 0 Å². The van der Waals surface area contributed by atoms with Gasteiger partial charge in [-0.2, -0.15) is 0 Å². The maximum absolute atomic E-state index is 12.2. The number of unbranched alkanes of at least 4 members (excludes halogenated alkanes) is 1. The third kappa shape index (κ3) is 5.45. The molecule has 26 heavy (non-hydrogen) atoms. The van der Waals surface area contributed by atoms with Gasteiger partial charge in [0, 0.05) is 30.6 Å². The van der Waals surface area contributed by atoms with Crippen LogP contribution in [0.1, 0.15) is 24.8 Å². The van der Waals surface area contributed by atoms with Crippen molar-refractivity contribution in [2.75, 3.05) is 6.54 Å². The highest BCUT2D eigenvalue weighted by molar-refractivity contribution is 5.88. The number of hydrogen-bond donors (Lipinski definition) is 4. The van der Waals surface area contributed by atoms with Crippen LogP contribution >= 0.6 is 12.4 Å². The number of carbonyl (C=O) groups is 2. The molecule has 1 aromatic carbocycles. The van der Waals surface area contributed by atoms with Gasteiger partial charge in [0.15, 0.2) is 0 Å². The number of nitrogens with zero attached hydrogens (tertiary/aromatic N) is 1. The molecule has 1 aromatic heterocycles. The number of aryl methyl sites for hydroxylation is 1. The summed E-state index contributed by atoms with van der Waals surface area (Å²) in [6.07, 6.45) is 4.13. The standard InChI is InChI=1S/C18H26N4O3.ClH/c1-22-11-12(13-6-2-3-8-16(13)22)10-15(18(24)25)21-17(23)14(20)7-4-5-9-19;/h2-3,6,8,11,14-15H,4-5,7,9-10,19-20H2,1H3,(H,21,23)(H,24,25);1H/t14-,15+;/m0./s1. The minimum absolute atomic E-state index is 0. The molecule has 0 bridgehead atoms. The van der Waals surface area contributed by atoms with Crippen LogP contribution in [0.2, 0.25) is 0 Å². The molecule has 0 radical (unpaired) electrons. The van der Waals surface area contributed by atoms with Crippen LogP contribution in [0, 0.1) is 0 Å². The lowest BCUT2D eigenvalue weighted by Crippen LogP contribution is -2.49. The lowest BCUT2D eigenvalue weighted by atomic mass is 10.0. The smallest absolute Gasteiger partial charge is 0.326 e. The summed E-state index contributed by atoms with van der Waals surface area (Å²) in [5.74, 6) is -1.51. The summed E-state index contributed by atoms with van der Waals surface area (Å²) in [7, 11) is 1.91. The maximum atomic E-state index is 12.2. The SMILES string of the molecule is Cl.Cn1cc(C[C@@H](NC(=O)[C@@H](N)CCCCN)C(=O)O)c2ccccc21. The largest absolute Gasteiger partial charge is 0.480 e. The average molecular weight is 383 g/mol. The highest BCUT2D eigenvalue weighted by atomic mass is 35.5. The van der Waals surface area contributed by atoms with E-state index in [2.05, 4.69) is 5.32 Å². The molecule has 144 valence electrons. The molecule has 0 spiro atoms. The molecule has 0 aliphatic heterocycles. The second kappa shape index (κ2) is 10.2. The van der Waals surface area contributed by atoms with E-state index >= 15 is 0 Å². The van der Waals surface area contributed by atoms with Crippen LogP contribution in [0.25, 0.3) is 10.9 Å². The lowest BCUT2D eigenvalue weighted by molar-refractivity contribution is -0.142. The second-order valence-corrected chi connectivity index (χ2v) is 6.28. The van der Waals surface area contributed by atoms with Gasteiger partial charge in [0.2, 0.25) is 5.91 Å². The van der Waals surface area contributed by atoms with Gasteiger partial charge in [-0.25, -0.2) is 4.79 Å². The van der Waals surface area contributed by atoms with Crippen LogP contribution in [-0.2, 0) is 23.1 Å². The molecule has 2 rings (SSSR count). The van der Waals surface area contributed by atoms with E-state index in [1.807, 2.05) is 42.1 Å². The molecule has 0 aliphatic rings. The predicted octanol–water partition coefficient (Wildman–Crippen LogP) is 1.17. The van der Waals surface area contributed by atoms with Gasteiger partial charge >= 0.3 is 5.97 Å². The van der Waals surface area contributed by atoms with Gasteiger partial charge in [0.05, 0.1) is 6.04 Å². The molecule has 2 aromatic rings. The van der Waals surface area contributed by atoms with Crippen molar-refractivity contribution >= 4 is 35.2 Å². The third-order valence-corrected chi connectivity index (χ3v) is 4.32. The molecule has 0 saturated carbocycles. The van der Waals surface area contributed by atoms with Gasteiger partial charge < -0.3 is 26.5 Å². The first-order valence-electron chi connectivity index (χ1n) is 8.45. The Kier molecular flexibility index (Phi) is 8.57. The van der Waals surface area contributed by atoms with Crippen LogP contribution in [0.15, 0.2) is 30.5 Å². The summed E-state index contributed by atoms with van der Waals surface area (Å²) < 4.78 is 1.95. The van der Waals surface area contributed by atoms with Crippen LogP contribution in [0.5, 0.6) is 0 Å². The molecular formula is C18H27ClN4O3. The van der Waals surface area contributed by atoms with Crippen molar-refractivity contribution in [2.24, 2.45) is 18.5 Å². The predicted molar refractivity (Wildman–Crippen MR) is 104 cm³/mol. The maximum Gasteiger partial charge on any atom is 0.326 e. The Bertz CT molecular complexity index is 747. The summed E-state index contributed by atoms with van der Waals surface area (Å²) in [5.41, 5.74) is 13.2. The molecule has 2 atom stereocenters. The fourth-order valence-corrected chi connectivity index (χ4v) is 2.93. The minimum atomic E-state index is -1.07. The Labute approximate surface area is 159 Å². The first-order chi connectivity index (χ1) is 11.9. The molecule has 0 aliphatic carbocycles. The molecule has 6 N–H and O–H groups in total. The number of carboxylic acid groups (broad SMARTS) is 1. The first kappa shape index (κ1) is 22.0. The Morgan fingerprint density at radius 2 is 1.96 bits per heavy atom. The van der Waals surface area contributed by atoms with Crippen molar-refractivity contribution in [3.8, 4) is 0 Å². The van der Waals surface area contributed by atoms with Crippen molar-refractivity contribution in [3.05, 3.63) is 36.0 Å². The monoisotopic (exact) mass is 382 g/mol. The number of fused-ring (bicyclic) bond motifs is 1. The number of para-hydroxylation sites is 1. The minimum Gasteiger partial charge on any atom is -0.480 e. The van der Waals surface area contributed by atoms with Gasteiger partial charge in [0.25, 0.3) is 0 Å². The average Bonchev–Trinajstić information content (AvgIpc) is 2.90. The van der Waals surface area contributed by atoms with Crippen molar-refractivity contribution in [1.82, 2.24) is 9.88 Å². The van der Waals surface area contributed by atoms with E-state index in [1.165, 1.54) is 0 Å². The number of nitrogens with one attached hydrogen (secondary N) is 1. The highest BCUT2D eigenvalue weighted by Crippen LogP contribution is 2.21. The number of carbonyl (C=O) groups excluding carboxylic acids is 1. The number of benzene rings is 1. The zero-order valence-corrected chi connectivity index (χ0v) is 15.7. The van der Waals surface area contributed by atoms with Gasteiger partial charge in [0.1, 0.15) is 6.04 Å². The highest BCUT2D eigenvalue weighted by Gasteiger charge is 2.24. The van der Waals surface area contributed by atoms with E-state index in [-0.39, 0.29) is 18.8 Å². The van der Waals surface area contributed by atoms with Crippen molar-refractivity contribution in [2.45, 2.75) is 37.8 Å². The first-order valence-corrected chi connectivity index (χ1v) is 8.45. The number of rotatable bonds is 9. The number of halogens is 1. The van der Waals surface area contributed by atoms with Gasteiger partial charge in [-0.05, 0) is 31.0 Å². The number of aliphatic carboxylic acids is 1. The van der Waals surface area contributed by atoms with E-state index in [4.69, 9.17) is 11.5 Å². The molecule has 0 saturated heterocycles. The summed E-state index contributed by atoms with van der Waals surface area (Å²) in [6.45, 7) is 0.549. The number of amides is 1. The quantitative estimate of drug-likeness (QED) is 0.485. The lowest BCUT2D eigenvalue weighted by Gasteiger charge is -2.17. The third-order valence-electron chi connectivity index (χ3n) is 4.32. The summed E-state index contributed by atoms with van der Waals surface area (Å²) >= 11 is 0. The van der Waals surface area contributed by atoms with E-state index in [1.54, 1.807) is 0 Å². The summed E-state index contributed by atoms with van der Waals surface area (Å²) in [6, 6.07) is 6.03. The van der Waals surface area contributed by atoms with Crippen LogP contribution in [-0.4, -0.2) is 40.2 Å². The number of carboxylic acids is 1. The topological polar surface area (TPSA) is 123 Å². The summed E-state index contributed by atoms with van der Waals surface area (Å²) in [5, 5.41) is 13.0. The van der Waals surface area contributed by atoms with Crippen LogP contribution in [0.3, 0.4) is 0 Å². The van der Waals surface area contributed by atoms with Crippen LogP contribution in [0.4, 0.5) is 0 Å². The molecule has 0 fully saturated rings. The van der Waals surface area contributed by atoms with E-state index < -0.39 is 24.0 Å². The number of aromatic nitrogens is 1. The Balaban J connectivity index is 0.00000338. The molecular weight excluding hydrogens is 356 g/mol. The Hall–Kier alpha value is -2.09. The van der Waals surface area contributed by atoms with E-state index in [0.717, 1.165) is 29.3 Å². The molecule has 7 nitrogen and oxygen atoms in total. The molecule has 0 unspecified atom stereocenters.